The topological polar surface area (TPSA) is 0 Å². The van der Waals surface area contributed by atoms with E-state index in [2.05, 4.69) is 267 Å². The normalized spacial score (nSPS) is 15.2. The minimum Gasteiger partial charge on any atom is -0.0719 e. The van der Waals surface area contributed by atoms with E-state index >= 15 is 0 Å². The first-order valence-electron chi connectivity index (χ1n) is 28.3. The molecule has 4 aliphatic rings. The van der Waals surface area contributed by atoms with Crippen LogP contribution in [-0.2, 0) is 0 Å². The smallest absolute Gasteiger partial charge is 0.0298 e. The summed E-state index contributed by atoms with van der Waals surface area (Å²) >= 11 is 0. The van der Waals surface area contributed by atoms with Crippen LogP contribution < -0.4 is 0 Å². The lowest BCUT2D eigenvalue weighted by molar-refractivity contribution is 1.08. The molecule has 15 aromatic carbocycles. The van der Waals surface area contributed by atoms with Crippen molar-refractivity contribution >= 4 is 98.3 Å². The van der Waals surface area contributed by atoms with E-state index < -0.39 is 0 Å². The molecule has 2 atom stereocenters. The first-order valence-corrected chi connectivity index (χ1v) is 28.3. The predicted molar refractivity (Wildman–Crippen MR) is 341 cm³/mol. The monoisotopic (exact) mass is 1010 g/mol. The summed E-state index contributed by atoms with van der Waals surface area (Å²) in [5.41, 5.74) is 24.2. The van der Waals surface area contributed by atoms with E-state index in [9.17, 15) is 0 Å². The maximum absolute atomic E-state index is 2.57. The molecule has 0 N–H and O–H groups in total. The van der Waals surface area contributed by atoms with Gasteiger partial charge in [0.25, 0.3) is 0 Å². The van der Waals surface area contributed by atoms with E-state index in [1.54, 1.807) is 0 Å². The van der Waals surface area contributed by atoms with Crippen molar-refractivity contribution in [1.82, 2.24) is 0 Å². The van der Waals surface area contributed by atoms with E-state index in [1.165, 1.54) is 186 Å². The van der Waals surface area contributed by atoms with E-state index in [-0.39, 0.29) is 11.8 Å². The molecular weight excluding hydrogens is 961 g/mol. The average Bonchev–Trinajstić information content (AvgIpc) is 4.16. The Labute approximate surface area is 462 Å². The van der Waals surface area contributed by atoms with E-state index in [0.717, 1.165) is 0 Å². The maximum atomic E-state index is 2.57. The Balaban J connectivity index is 0.901. The molecule has 0 nitrogen and oxygen atoms in total. The van der Waals surface area contributed by atoms with Crippen LogP contribution in [0.25, 0.3) is 165 Å². The van der Waals surface area contributed by atoms with Crippen molar-refractivity contribution in [2.45, 2.75) is 11.8 Å². The van der Waals surface area contributed by atoms with Gasteiger partial charge in [-0.3, -0.25) is 0 Å². The lowest BCUT2D eigenvalue weighted by Crippen LogP contribution is -2.06. The maximum Gasteiger partial charge on any atom is 0.0298 e. The first-order chi connectivity index (χ1) is 39.7. The third-order valence-corrected chi connectivity index (χ3v) is 19.0. The van der Waals surface area contributed by atoms with Crippen LogP contribution in [0.1, 0.15) is 45.2 Å². The van der Waals surface area contributed by atoms with Crippen molar-refractivity contribution < 1.29 is 0 Å². The molecule has 2 unspecified atom stereocenters. The summed E-state index contributed by atoms with van der Waals surface area (Å²) in [6.45, 7) is 0. The number of fused-ring (bicyclic) bond motifs is 14. The Bertz CT molecular complexity index is 5090. The summed E-state index contributed by atoms with van der Waals surface area (Å²) in [7, 11) is 0. The summed E-state index contributed by atoms with van der Waals surface area (Å²) in [4.78, 5) is 0. The molecule has 15 aromatic rings. The van der Waals surface area contributed by atoms with Crippen molar-refractivity contribution in [1.29, 1.82) is 0 Å². The van der Waals surface area contributed by atoms with Crippen LogP contribution >= 0.6 is 0 Å². The summed E-state index contributed by atoms with van der Waals surface area (Å²) in [5, 5.41) is 20.7. The second-order valence-corrected chi connectivity index (χ2v) is 22.8. The number of allylic oxidation sites excluding steroid dienone is 2. The van der Waals surface area contributed by atoms with Crippen LogP contribution in [0.3, 0.4) is 0 Å². The molecule has 0 saturated carbocycles. The highest BCUT2D eigenvalue weighted by Gasteiger charge is 2.42. The van der Waals surface area contributed by atoms with Gasteiger partial charge in [0.05, 0.1) is 0 Å². The highest BCUT2D eigenvalue weighted by molar-refractivity contribution is 6.25. The van der Waals surface area contributed by atoms with Crippen LogP contribution in [0.2, 0.25) is 0 Å². The van der Waals surface area contributed by atoms with Gasteiger partial charge in [-0.25, -0.2) is 0 Å². The van der Waals surface area contributed by atoms with Crippen LogP contribution in [0.4, 0.5) is 0 Å². The van der Waals surface area contributed by atoms with Crippen LogP contribution in [-0.4, -0.2) is 0 Å². The van der Waals surface area contributed by atoms with Gasteiger partial charge in [0.2, 0.25) is 0 Å². The largest absolute Gasteiger partial charge is 0.0719 e. The Hall–Kier alpha value is -10.1. The SMILES string of the molecule is C1=CC2c3c(c(-c4ccc5ccccc5c4)c4ccccc4c3-c3ccc4ccccc4c3)-c3ccc4c5c6c7c(ccc6c1c4c32)-c1c(c(-c2ccc3ccccc3c2)c2ccccc2c1-c1ccc2ccccc2c1)C7C=C5. The summed E-state index contributed by atoms with van der Waals surface area (Å²) in [6.07, 6.45) is 10.2. The number of hydrogen-bond acceptors (Lipinski definition) is 0. The van der Waals surface area contributed by atoms with E-state index in [1.807, 2.05) is 0 Å². The third kappa shape index (κ3) is 5.64. The molecule has 4 aliphatic carbocycles. The highest BCUT2D eigenvalue weighted by Crippen LogP contribution is 2.64. The van der Waals surface area contributed by atoms with E-state index in [0.29, 0.717) is 0 Å². The quantitative estimate of drug-likeness (QED) is 0.154. The summed E-state index contributed by atoms with van der Waals surface area (Å²) < 4.78 is 0. The van der Waals surface area contributed by atoms with Gasteiger partial charge < -0.3 is 0 Å². The van der Waals surface area contributed by atoms with Gasteiger partial charge in [0.1, 0.15) is 0 Å². The fourth-order valence-electron chi connectivity index (χ4n) is 15.7. The molecule has 0 spiro atoms. The molecule has 0 heterocycles. The fourth-order valence-corrected chi connectivity index (χ4v) is 15.7. The van der Waals surface area contributed by atoms with Crippen LogP contribution in [0, 0.1) is 0 Å². The number of hydrogen-bond donors (Lipinski definition) is 0. The van der Waals surface area contributed by atoms with Gasteiger partial charge >= 0.3 is 0 Å². The summed E-state index contributed by atoms with van der Waals surface area (Å²) in [6, 6.07) is 92.2. The number of benzene rings is 15. The third-order valence-electron chi connectivity index (χ3n) is 19.0. The van der Waals surface area contributed by atoms with Crippen LogP contribution in [0.15, 0.2) is 255 Å². The second kappa shape index (κ2) is 15.8. The molecule has 0 saturated heterocycles. The van der Waals surface area contributed by atoms with Crippen LogP contribution in [0.5, 0.6) is 0 Å². The van der Waals surface area contributed by atoms with Crippen molar-refractivity contribution in [3.05, 3.63) is 288 Å². The molecule has 0 amide bonds. The van der Waals surface area contributed by atoms with Crippen molar-refractivity contribution in [3.63, 3.8) is 0 Å². The van der Waals surface area contributed by atoms with Crippen molar-refractivity contribution in [2.24, 2.45) is 0 Å². The lowest BCUT2D eigenvalue weighted by atomic mass is 9.76. The van der Waals surface area contributed by atoms with Gasteiger partial charge in [-0.05, 0) is 211 Å². The molecule has 19 rings (SSSR count). The molecule has 0 aromatic heterocycles. The molecule has 0 bridgehead atoms. The Morgan fingerprint density at radius 1 is 0.212 bits per heavy atom. The zero-order chi connectivity index (χ0) is 51.9. The van der Waals surface area contributed by atoms with E-state index in [4.69, 9.17) is 0 Å². The Morgan fingerprint density at radius 3 is 0.863 bits per heavy atom. The minimum absolute atomic E-state index is 0.0617. The minimum atomic E-state index is 0.0617. The predicted octanol–water partition coefficient (Wildman–Crippen LogP) is 21.9. The molecule has 80 heavy (non-hydrogen) atoms. The lowest BCUT2D eigenvalue weighted by Gasteiger charge is -2.27. The van der Waals surface area contributed by atoms with Gasteiger partial charge in [-0.1, -0.05) is 243 Å². The Kier molecular flexibility index (Phi) is 8.45. The van der Waals surface area contributed by atoms with Crippen molar-refractivity contribution in [2.75, 3.05) is 0 Å². The Morgan fingerprint density at radius 2 is 0.512 bits per heavy atom. The van der Waals surface area contributed by atoms with Gasteiger partial charge in [0.15, 0.2) is 0 Å². The molecule has 0 aliphatic heterocycles. The summed E-state index contributed by atoms with van der Waals surface area (Å²) in [5.74, 6) is 0.123. The standard InChI is InChI=1S/C80H46/c1-5-17-49-41-53(29-25-45(49)13-1)69-57-21-9-10-22-58(57)70(54-30-26-46-14-2-6-18-50(46)42-54)78-66-38-34-62-64-36-40-68-76-67(39-35-63(74(64)76)61-33-37-65(77(69)78)75(66)73(61)62)79-71(55-31-27-47-15-3-7-19-51(47)43-55)59-23-11-12-24-60(59)72(80(68)79)56-32-28-48-16-4-8-20-52(48)44-56/h1-44,65,68H. The highest BCUT2D eigenvalue weighted by atomic mass is 14.4. The molecule has 0 fully saturated rings. The molecule has 0 heteroatoms. The van der Waals surface area contributed by atoms with Gasteiger partial charge in [-0.2, -0.15) is 0 Å². The molecule has 0 radical (unpaired) electrons. The number of rotatable bonds is 4. The second-order valence-electron chi connectivity index (χ2n) is 22.8. The first kappa shape index (κ1) is 42.9. The average molecular weight is 1010 g/mol. The van der Waals surface area contributed by atoms with Crippen molar-refractivity contribution in [3.8, 4) is 66.8 Å². The van der Waals surface area contributed by atoms with Gasteiger partial charge in [-0.15, -0.1) is 0 Å². The molecule has 366 valence electrons. The zero-order valence-electron chi connectivity index (χ0n) is 43.6. The van der Waals surface area contributed by atoms with Gasteiger partial charge in [0, 0.05) is 11.8 Å². The fraction of sp³-hybridized carbons (Fsp3) is 0.0250. The molecular formula is C80H46. The zero-order valence-corrected chi connectivity index (χ0v) is 43.6.